The van der Waals surface area contributed by atoms with Crippen LogP contribution in [0.2, 0.25) is 0 Å². The molecule has 1 aliphatic heterocycles. The molecule has 0 radical (unpaired) electrons. The van der Waals surface area contributed by atoms with E-state index in [1.807, 2.05) is 19.1 Å². The lowest BCUT2D eigenvalue weighted by Gasteiger charge is -2.24. The van der Waals surface area contributed by atoms with Crippen molar-refractivity contribution in [2.45, 2.75) is 38.3 Å². The molecule has 2 aliphatic rings. The van der Waals surface area contributed by atoms with Gasteiger partial charge in [-0.3, -0.25) is 4.79 Å². The topological polar surface area (TPSA) is 73.6 Å². The van der Waals surface area contributed by atoms with Crippen molar-refractivity contribution in [3.05, 3.63) is 22.2 Å². The quantitative estimate of drug-likeness (QED) is 0.859. The first kappa shape index (κ1) is 15.6. The normalized spacial score (nSPS) is 24.9. The number of hydrogen-bond acceptors (Lipinski definition) is 4. The Kier molecular flexibility index (Phi) is 4.59. The molecule has 1 amide bonds. The summed E-state index contributed by atoms with van der Waals surface area (Å²) in [4.78, 5) is 12.4. The van der Waals surface area contributed by atoms with E-state index >= 15 is 0 Å². The standard InChI is InChI=1S/C16H21BrN2O3/c1-9(19-16(20)10-3-2-4-13(10)18)11-7-14-15(8-12(11)17)22-6-5-21-14/h7-10,13H,2-6,18H2,1H3,(H,19,20)/t9-,10+,13+/m0/s1. The van der Waals surface area contributed by atoms with E-state index in [1.165, 1.54) is 0 Å². The van der Waals surface area contributed by atoms with Gasteiger partial charge in [0.15, 0.2) is 11.5 Å². The van der Waals surface area contributed by atoms with E-state index in [-0.39, 0.29) is 23.9 Å². The van der Waals surface area contributed by atoms with Gasteiger partial charge in [0, 0.05) is 10.5 Å². The first-order valence-corrected chi connectivity index (χ1v) is 8.50. The van der Waals surface area contributed by atoms with Crippen LogP contribution in [0, 0.1) is 5.92 Å². The second-order valence-electron chi connectivity index (χ2n) is 5.95. The molecule has 0 spiro atoms. The summed E-state index contributed by atoms with van der Waals surface area (Å²) in [7, 11) is 0. The van der Waals surface area contributed by atoms with Gasteiger partial charge >= 0.3 is 0 Å². The maximum atomic E-state index is 12.4. The fourth-order valence-electron chi connectivity index (χ4n) is 3.12. The van der Waals surface area contributed by atoms with E-state index in [0.29, 0.717) is 13.2 Å². The molecule has 0 saturated heterocycles. The van der Waals surface area contributed by atoms with Crippen LogP contribution in [0.3, 0.4) is 0 Å². The molecule has 1 saturated carbocycles. The molecular weight excluding hydrogens is 348 g/mol. The van der Waals surface area contributed by atoms with Crippen LogP contribution in [0.4, 0.5) is 0 Å². The van der Waals surface area contributed by atoms with E-state index in [2.05, 4.69) is 21.2 Å². The minimum Gasteiger partial charge on any atom is -0.486 e. The van der Waals surface area contributed by atoms with Gasteiger partial charge in [-0.1, -0.05) is 22.4 Å². The first-order valence-electron chi connectivity index (χ1n) is 7.71. The number of halogens is 1. The molecule has 1 heterocycles. The number of amides is 1. The second kappa shape index (κ2) is 6.46. The fourth-order valence-corrected chi connectivity index (χ4v) is 3.79. The lowest BCUT2D eigenvalue weighted by atomic mass is 10.0. The predicted molar refractivity (Wildman–Crippen MR) is 87.0 cm³/mol. The minimum atomic E-state index is -0.120. The Labute approximate surface area is 138 Å². The number of carbonyl (C=O) groups is 1. The van der Waals surface area contributed by atoms with Gasteiger partial charge < -0.3 is 20.5 Å². The first-order chi connectivity index (χ1) is 10.6. The third-order valence-corrected chi connectivity index (χ3v) is 5.08. The highest BCUT2D eigenvalue weighted by molar-refractivity contribution is 9.10. The molecule has 1 aromatic carbocycles. The van der Waals surface area contributed by atoms with E-state index in [1.54, 1.807) is 0 Å². The van der Waals surface area contributed by atoms with Crippen LogP contribution >= 0.6 is 15.9 Å². The molecule has 1 aliphatic carbocycles. The van der Waals surface area contributed by atoms with Gasteiger partial charge in [-0.2, -0.15) is 0 Å². The number of nitrogens with one attached hydrogen (secondary N) is 1. The van der Waals surface area contributed by atoms with Crippen molar-refractivity contribution in [1.82, 2.24) is 5.32 Å². The highest BCUT2D eigenvalue weighted by Gasteiger charge is 2.31. The number of fused-ring (bicyclic) bond motifs is 1. The Hall–Kier alpha value is -1.27. The molecule has 3 atom stereocenters. The summed E-state index contributed by atoms with van der Waals surface area (Å²) in [6, 6.07) is 3.69. The van der Waals surface area contributed by atoms with Crippen LogP contribution in [0.25, 0.3) is 0 Å². The Balaban J connectivity index is 1.74. The van der Waals surface area contributed by atoms with E-state index in [0.717, 1.165) is 40.8 Å². The molecule has 120 valence electrons. The monoisotopic (exact) mass is 368 g/mol. The molecule has 22 heavy (non-hydrogen) atoms. The fraction of sp³-hybridized carbons (Fsp3) is 0.562. The van der Waals surface area contributed by atoms with Gasteiger partial charge in [0.2, 0.25) is 5.91 Å². The summed E-state index contributed by atoms with van der Waals surface area (Å²) in [5.74, 6) is 1.43. The minimum absolute atomic E-state index is 0.0177. The lowest BCUT2D eigenvalue weighted by Crippen LogP contribution is -2.39. The molecule has 0 bridgehead atoms. The van der Waals surface area contributed by atoms with Crippen LogP contribution < -0.4 is 20.5 Å². The highest BCUT2D eigenvalue weighted by Crippen LogP contribution is 2.38. The van der Waals surface area contributed by atoms with Gasteiger partial charge in [-0.25, -0.2) is 0 Å². The lowest BCUT2D eigenvalue weighted by molar-refractivity contribution is -0.125. The van der Waals surface area contributed by atoms with Gasteiger partial charge in [0.05, 0.1) is 12.0 Å². The number of ether oxygens (including phenoxy) is 2. The van der Waals surface area contributed by atoms with E-state index in [4.69, 9.17) is 15.2 Å². The Morgan fingerprint density at radius 2 is 2.00 bits per heavy atom. The number of benzene rings is 1. The van der Waals surface area contributed by atoms with Crippen LogP contribution in [-0.4, -0.2) is 25.2 Å². The van der Waals surface area contributed by atoms with Gasteiger partial charge in [-0.05, 0) is 37.5 Å². The third-order valence-electron chi connectivity index (χ3n) is 4.39. The van der Waals surface area contributed by atoms with Crippen LogP contribution in [-0.2, 0) is 4.79 Å². The molecule has 6 heteroatoms. The van der Waals surface area contributed by atoms with E-state index < -0.39 is 0 Å². The molecule has 3 rings (SSSR count). The smallest absolute Gasteiger partial charge is 0.225 e. The zero-order valence-electron chi connectivity index (χ0n) is 12.6. The number of nitrogens with two attached hydrogens (primary N) is 1. The van der Waals surface area contributed by atoms with Crippen molar-refractivity contribution < 1.29 is 14.3 Å². The van der Waals surface area contributed by atoms with Crippen LogP contribution in [0.5, 0.6) is 11.5 Å². The van der Waals surface area contributed by atoms with Crippen molar-refractivity contribution in [1.29, 1.82) is 0 Å². The average Bonchev–Trinajstić information content (AvgIpc) is 2.92. The predicted octanol–water partition coefficient (Wildman–Crippen LogP) is 2.52. The maximum absolute atomic E-state index is 12.4. The van der Waals surface area contributed by atoms with Crippen molar-refractivity contribution in [3.8, 4) is 11.5 Å². The molecule has 1 aromatic rings. The van der Waals surface area contributed by atoms with Crippen molar-refractivity contribution in [2.24, 2.45) is 11.7 Å². The van der Waals surface area contributed by atoms with Crippen molar-refractivity contribution >= 4 is 21.8 Å². The van der Waals surface area contributed by atoms with Crippen LogP contribution in [0.1, 0.15) is 37.8 Å². The molecule has 1 fully saturated rings. The summed E-state index contributed by atoms with van der Waals surface area (Å²) in [5, 5.41) is 3.07. The van der Waals surface area contributed by atoms with Gasteiger partial charge in [0.1, 0.15) is 13.2 Å². The zero-order valence-corrected chi connectivity index (χ0v) is 14.2. The van der Waals surface area contributed by atoms with Crippen LogP contribution in [0.15, 0.2) is 16.6 Å². The molecule has 5 nitrogen and oxygen atoms in total. The van der Waals surface area contributed by atoms with Gasteiger partial charge in [-0.15, -0.1) is 0 Å². The summed E-state index contributed by atoms with van der Waals surface area (Å²) in [6.07, 6.45) is 2.84. The molecule has 0 aromatic heterocycles. The van der Waals surface area contributed by atoms with Crippen molar-refractivity contribution in [3.63, 3.8) is 0 Å². The summed E-state index contributed by atoms with van der Waals surface area (Å²) >= 11 is 3.55. The number of carbonyl (C=O) groups excluding carboxylic acids is 1. The van der Waals surface area contributed by atoms with Gasteiger partial charge in [0.25, 0.3) is 0 Å². The maximum Gasteiger partial charge on any atom is 0.225 e. The zero-order chi connectivity index (χ0) is 15.7. The SMILES string of the molecule is C[C@H](NC(=O)[C@@H]1CCC[C@H]1N)c1cc2c(cc1Br)OCCO2. The average molecular weight is 369 g/mol. The summed E-state index contributed by atoms with van der Waals surface area (Å²) in [5.41, 5.74) is 6.98. The molecule has 3 N–H and O–H groups in total. The van der Waals surface area contributed by atoms with Crippen molar-refractivity contribution in [2.75, 3.05) is 13.2 Å². The third kappa shape index (κ3) is 3.08. The molecular formula is C16H21BrN2O3. The highest BCUT2D eigenvalue weighted by atomic mass is 79.9. The summed E-state index contributed by atoms with van der Waals surface area (Å²) in [6.45, 7) is 3.07. The Morgan fingerprint density at radius 1 is 1.32 bits per heavy atom. The largest absolute Gasteiger partial charge is 0.486 e. The number of rotatable bonds is 3. The Bertz CT molecular complexity index is 579. The number of hydrogen-bond donors (Lipinski definition) is 2. The Morgan fingerprint density at radius 3 is 2.64 bits per heavy atom. The summed E-state index contributed by atoms with van der Waals surface area (Å²) < 4.78 is 12.1. The second-order valence-corrected chi connectivity index (χ2v) is 6.80. The molecule has 0 unspecified atom stereocenters. The van der Waals surface area contributed by atoms with E-state index in [9.17, 15) is 4.79 Å².